The SMILES string of the molecule is CCCNCc1nccn1Cc1ccccn1. The van der Waals surface area contributed by atoms with Crippen LogP contribution in [0.4, 0.5) is 0 Å². The molecule has 0 bridgehead atoms. The lowest BCUT2D eigenvalue weighted by molar-refractivity contribution is 0.612. The lowest BCUT2D eigenvalue weighted by atomic mass is 10.3. The molecule has 0 saturated carbocycles. The summed E-state index contributed by atoms with van der Waals surface area (Å²) in [4.78, 5) is 8.68. The maximum Gasteiger partial charge on any atom is 0.123 e. The fraction of sp³-hybridized carbons (Fsp3) is 0.385. The minimum Gasteiger partial charge on any atom is -0.328 e. The zero-order chi connectivity index (χ0) is 11.9. The molecule has 1 N–H and O–H groups in total. The van der Waals surface area contributed by atoms with E-state index in [-0.39, 0.29) is 0 Å². The molecule has 0 fully saturated rings. The van der Waals surface area contributed by atoms with Crippen molar-refractivity contribution in [2.75, 3.05) is 6.54 Å². The Morgan fingerprint density at radius 1 is 1.24 bits per heavy atom. The fourth-order valence-electron chi connectivity index (χ4n) is 1.69. The Labute approximate surface area is 102 Å². The van der Waals surface area contributed by atoms with E-state index < -0.39 is 0 Å². The topological polar surface area (TPSA) is 42.7 Å². The summed E-state index contributed by atoms with van der Waals surface area (Å²) in [5.41, 5.74) is 1.06. The van der Waals surface area contributed by atoms with Gasteiger partial charge in [0.1, 0.15) is 5.82 Å². The summed E-state index contributed by atoms with van der Waals surface area (Å²) in [5.74, 6) is 1.06. The van der Waals surface area contributed by atoms with Crippen LogP contribution >= 0.6 is 0 Å². The van der Waals surface area contributed by atoms with Crippen molar-refractivity contribution >= 4 is 0 Å². The highest BCUT2D eigenvalue weighted by Crippen LogP contribution is 2.02. The van der Waals surface area contributed by atoms with Crippen LogP contribution in [0.3, 0.4) is 0 Å². The van der Waals surface area contributed by atoms with Crippen LogP contribution in [0, 0.1) is 0 Å². The van der Waals surface area contributed by atoms with E-state index in [0.29, 0.717) is 0 Å². The lowest BCUT2D eigenvalue weighted by Crippen LogP contribution is -2.18. The van der Waals surface area contributed by atoms with Gasteiger partial charge in [0.2, 0.25) is 0 Å². The van der Waals surface area contributed by atoms with Crippen molar-refractivity contribution in [1.82, 2.24) is 19.9 Å². The molecule has 0 aromatic carbocycles. The molecule has 4 heteroatoms. The van der Waals surface area contributed by atoms with Gasteiger partial charge < -0.3 is 9.88 Å². The first-order chi connectivity index (χ1) is 8.40. The molecule has 0 aliphatic rings. The number of aromatic nitrogens is 3. The highest BCUT2D eigenvalue weighted by Gasteiger charge is 2.03. The van der Waals surface area contributed by atoms with E-state index in [0.717, 1.165) is 37.6 Å². The second-order valence-electron chi connectivity index (χ2n) is 3.97. The highest BCUT2D eigenvalue weighted by atomic mass is 15.1. The van der Waals surface area contributed by atoms with Crippen LogP contribution in [0.25, 0.3) is 0 Å². The van der Waals surface area contributed by atoms with Crippen LogP contribution in [0.2, 0.25) is 0 Å². The molecule has 17 heavy (non-hydrogen) atoms. The quantitative estimate of drug-likeness (QED) is 0.770. The van der Waals surface area contributed by atoms with Crippen molar-refractivity contribution in [3.8, 4) is 0 Å². The summed E-state index contributed by atoms with van der Waals surface area (Å²) in [5, 5.41) is 3.36. The van der Waals surface area contributed by atoms with Gasteiger partial charge in [-0.1, -0.05) is 13.0 Å². The van der Waals surface area contributed by atoms with Crippen molar-refractivity contribution in [3.63, 3.8) is 0 Å². The number of imidazole rings is 1. The molecule has 0 unspecified atom stereocenters. The van der Waals surface area contributed by atoms with Crippen molar-refractivity contribution in [1.29, 1.82) is 0 Å². The van der Waals surface area contributed by atoms with Gasteiger partial charge in [0.15, 0.2) is 0 Å². The number of nitrogens with zero attached hydrogens (tertiary/aromatic N) is 3. The van der Waals surface area contributed by atoms with Gasteiger partial charge in [0.05, 0.1) is 18.8 Å². The third kappa shape index (κ3) is 3.39. The summed E-state index contributed by atoms with van der Waals surface area (Å²) in [7, 11) is 0. The van der Waals surface area contributed by atoms with Crippen molar-refractivity contribution < 1.29 is 0 Å². The zero-order valence-corrected chi connectivity index (χ0v) is 10.1. The Morgan fingerprint density at radius 2 is 2.18 bits per heavy atom. The van der Waals surface area contributed by atoms with Gasteiger partial charge in [-0.2, -0.15) is 0 Å². The minimum absolute atomic E-state index is 0.782. The Kier molecular flexibility index (Phi) is 4.27. The van der Waals surface area contributed by atoms with E-state index >= 15 is 0 Å². The van der Waals surface area contributed by atoms with Gasteiger partial charge in [0.25, 0.3) is 0 Å². The summed E-state index contributed by atoms with van der Waals surface area (Å²) in [6.45, 7) is 4.78. The van der Waals surface area contributed by atoms with E-state index in [4.69, 9.17) is 0 Å². The van der Waals surface area contributed by atoms with Crippen LogP contribution in [0.15, 0.2) is 36.8 Å². The van der Waals surface area contributed by atoms with Crippen LogP contribution in [-0.2, 0) is 13.1 Å². The minimum atomic E-state index is 0.782. The molecule has 2 aromatic heterocycles. The maximum atomic E-state index is 4.36. The number of rotatable bonds is 6. The third-order valence-corrected chi connectivity index (χ3v) is 2.57. The number of hydrogen-bond donors (Lipinski definition) is 1. The monoisotopic (exact) mass is 230 g/mol. The van der Waals surface area contributed by atoms with Crippen LogP contribution in [0.5, 0.6) is 0 Å². The molecule has 90 valence electrons. The molecule has 2 aromatic rings. The molecular formula is C13H18N4. The molecular weight excluding hydrogens is 212 g/mol. The number of pyridine rings is 1. The molecule has 0 spiro atoms. The smallest absolute Gasteiger partial charge is 0.123 e. The summed E-state index contributed by atoms with van der Waals surface area (Å²) in [6, 6.07) is 5.97. The first-order valence-corrected chi connectivity index (χ1v) is 6.00. The Morgan fingerprint density at radius 3 is 2.94 bits per heavy atom. The molecule has 0 aliphatic carbocycles. The summed E-state index contributed by atoms with van der Waals surface area (Å²) >= 11 is 0. The normalized spacial score (nSPS) is 10.6. The second kappa shape index (κ2) is 6.15. The van der Waals surface area contributed by atoms with Crippen molar-refractivity contribution in [2.24, 2.45) is 0 Å². The van der Waals surface area contributed by atoms with Crippen molar-refractivity contribution in [3.05, 3.63) is 48.3 Å². The van der Waals surface area contributed by atoms with Crippen LogP contribution in [-0.4, -0.2) is 21.1 Å². The number of nitrogens with one attached hydrogen (secondary N) is 1. The van der Waals surface area contributed by atoms with E-state index in [2.05, 4.69) is 26.8 Å². The standard InChI is InChI=1S/C13H18N4/c1-2-6-14-10-13-16-8-9-17(13)11-12-5-3-4-7-15-12/h3-5,7-9,14H,2,6,10-11H2,1H3. The average Bonchev–Trinajstić information content (AvgIpc) is 2.79. The Balaban J connectivity index is 1.99. The summed E-state index contributed by atoms with van der Waals surface area (Å²) < 4.78 is 2.13. The molecule has 0 aliphatic heterocycles. The molecule has 2 heterocycles. The van der Waals surface area contributed by atoms with Crippen molar-refractivity contribution in [2.45, 2.75) is 26.4 Å². The molecule has 0 amide bonds. The van der Waals surface area contributed by atoms with Crippen LogP contribution in [0.1, 0.15) is 24.9 Å². The predicted molar refractivity (Wildman–Crippen MR) is 67.6 cm³/mol. The van der Waals surface area contributed by atoms with E-state index in [1.807, 2.05) is 36.8 Å². The lowest BCUT2D eigenvalue weighted by Gasteiger charge is -2.07. The van der Waals surface area contributed by atoms with E-state index in [9.17, 15) is 0 Å². The zero-order valence-electron chi connectivity index (χ0n) is 10.1. The van der Waals surface area contributed by atoms with Gasteiger partial charge >= 0.3 is 0 Å². The average molecular weight is 230 g/mol. The second-order valence-corrected chi connectivity index (χ2v) is 3.97. The molecule has 0 saturated heterocycles. The maximum absolute atomic E-state index is 4.36. The first-order valence-electron chi connectivity index (χ1n) is 6.00. The van der Waals surface area contributed by atoms with Gasteiger partial charge in [-0.15, -0.1) is 0 Å². The summed E-state index contributed by atoms with van der Waals surface area (Å²) in [6.07, 6.45) is 6.80. The first kappa shape index (κ1) is 11.8. The molecule has 2 rings (SSSR count). The van der Waals surface area contributed by atoms with Crippen LogP contribution < -0.4 is 5.32 Å². The third-order valence-electron chi connectivity index (χ3n) is 2.57. The Hall–Kier alpha value is -1.68. The van der Waals surface area contributed by atoms with Gasteiger partial charge in [-0.25, -0.2) is 4.98 Å². The largest absolute Gasteiger partial charge is 0.328 e. The molecule has 4 nitrogen and oxygen atoms in total. The van der Waals surface area contributed by atoms with Gasteiger partial charge in [-0.05, 0) is 25.1 Å². The Bertz CT molecular complexity index is 436. The molecule has 0 radical (unpaired) electrons. The van der Waals surface area contributed by atoms with Gasteiger partial charge in [0, 0.05) is 18.6 Å². The number of hydrogen-bond acceptors (Lipinski definition) is 3. The molecule has 0 atom stereocenters. The van der Waals surface area contributed by atoms with E-state index in [1.165, 1.54) is 0 Å². The highest BCUT2D eigenvalue weighted by molar-refractivity contribution is 5.06. The van der Waals surface area contributed by atoms with E-state index in [1.54, 1.807) is 0 Å². The predicted octanol–water partition coefficient (Wildman–Crippen LogP) is 1.83. The fourth-order valence-corrected chi connectivity index (χ4v) is 1.69. The van der Waals surface area contributed by atoms with Gasteiger partial charge in [-0.3, -0.25) is 4.98 Å².